The van der Waals surface area contributed by atoms with Crippen molar-refractivity contribution >= 4 is 15.9 Å². The van der Waals surface area contributed by atoms with Gasteiger partial charge < -0.3 is 10.1 Å². The van der Waals surface area contributed by atoms with Crippen molar-refractivity contribution in [3.8, 4) is 5.75 Å². The van der Waals surface area contributed by atoms with E-state index in [2.05, 4.69) is 21.2 Å². The second kappa shape index (κ2) is 6.86. The van der Waals surface area contributed by atoms with Gasteiger partial charge in [0.05, 0.1) is 0 Å². The van der Waals surface area contributed by atoms with Gasteiger partial charge in [-0.05, 0) is 38.2 Å². The van der Waals surface area contributed by atoms with E-state index >= 15 is 0 Å². The first-order valence-corrected chi connectivity index (χ1v) is 7.24. The SMILES string of the molecule is CNC(C)c1cc(F)ccc1OCc1ccccc1Br. The Labute approximate surface area is 127 Å². The summed E-state index contributed by atoms with van der Waals surface area (Å²) in [7, 11) is 1.84. The maximum absolute atomic E-state index is 13.4. The van der Waals surface area contributed by atoms with E-state index in [0.29, 0.717) is 12.4 Å². The van der Waals surface area contributed by atoms with Crippen LogP contribution in [0.1, 0.15) is 24.1 Å². The van der Waals surface area contributed by atoms with E-state index in [0.717, 1.165) is 15.6 Å². The molecule has 0 saturated heterocycles. The molecule has 0 aliphatic rings. The van der Waals surface area contributed by atoms with Crippen LogP contribution in [-0.2, 0) is 6.61 Å². The molecule has 0 radical (unpaired) electrons. The van der Waals surface area contributed by atoms with Crippen LogP contribution >= 0.6 is 15.9 Å². The third-order valence-corrected chi connectivity index (χ3v) is 3.99. The molecule has 1 N–H and O–H groups in total. The molecule has 2 nitrogen and oxygen atoms in total. The number of hydrogen-bond donors (Lipinski definition) is 1. The number of ether oxygens (including phenoxy) is 1. The molecular weight excluding hydrogens is 321 g/mol. The third-order valence-electron chi connectivity index (χ3n) is 3.21. The number of rotatable bonds is 5. The second-order valence-corrected chi connectivity index (χ2v) is 5.43. The summed E-state index contributed by atoms with van der Waals surface area (Å²) in [5.41, 5.74) is 1.87. The average molecular weight is 338 g/mol. The predicted octanol–water partition coefficient (Wildman–Crippen LogP) is 4.45. The van der Waals surface area contributed by atoms with Gasteiger partial charge in [0.1, 0.15) is 18.2 Å². The summed E-state index contributed by atoms with van der Waals surface area (Å²) in [4.78, 5) is 0. The van der Waals surface area contributed by atoms with Crippen molar-refractivity contribution in [1.82, 2.24) is 5.32 Å². The minimum Gasteiger partial charge on any atom is -0.489 e. The van der Waals surface area contributed by atoms with Gasteiger partial charge >= 0.3 is 0 Å². The predicted molar refractivity (Wildman–Crippen MR) is 82.3 cm³/mol. The Bertz CT molecular complexity index is 588. The number of benzene rings is 2. The lowest BCUT2D eigenvalue weighted by atomic mass is 10.1. The van der Waals surface area contributed by atoms with Gasteiger partial charge in [0.2, 0.25) is 0 Å². The van der Waals surface area contributed by atoms with Gasteiger partial charge in [-0.3, -0.25) is 0 Å². The fourth-order valence-corrected chi connectivity index (χ4v) is 2.31. The van der Waals surface area contributed by atoms with Crippen molar-refractivity contribution < 1.29 is 9.13 Å². The van der Waals surface area contributed by atoms with E-state index in [4.69, 9.17) is 4.74 Å². The number of halogens is 2. The van der Waals surface area contributed by atoms with Gasteiger partial charge in [0.25, 0.3) is 0 Å². The first kappa shape index (κ1) is 15.0. The zero-order valence-electron chi connectivity index (χ0n) is 11.5. The smallest absolute Gasteiger partial charge is 0.124 e. The minimum absolute atomic E-state index is 0.0277. The molecular formula is C16H17BrFNO. The molecule has 0 saturated carbocycles. The summed E-state index contributed by atoms with van der Waals surface area (Å²) in [5.74, 6) is 0.444. The van der Waals surface area contributed by atoms with Gasteiger partial charge in [-0.2, -0.15) is 0 Å². The van der Waals surface area contributed by atoms with Crippen LogP contribution in [0.3, 0.4) is 0 Å². The van der Waals surface area contributed by atoms with E-state index in [1.165, 1.54) is 12.1 Å². The highest BCUT2D eigenvalue weighted by molar-refractivity contribution is 9.10. The molecule has 2 aromatic carbocycles. The fourth-order valence-electron chi connectivity index (χ4n) is 1.92. The molecule has 1 atom stereocenters. The van der Waals surface area contributed by atoms with Crippen LogP contribution < -0.4 is 10.1 Å². The standard InChI is InChI=1S/C16H17BrFNO/c1-11(19-2)14-9-13(18)7-8-16(14)20-10-12-5-3-4-6-15(12)17/h3-9,11,19H,10H2,1-2H3. The summed E-state index contributed by atoms with van der Waals surface area (Å²) in [6.07, 6.45) is 0. The van der Waals surface area contributed by atoms with Gasteiger partial charge in [0.15, 0.2) is 0 Å². The molecule has 2 rings (SSSR count). The van der Waals surface area contributed by atoms with Crippen molar-refractivity contribution in [3.05, 3.63) is 63.9 Å². The van der Waals surface area contributed by atoms with Gasteiger partial charge in [-0.15, -0.1) is 0 Å². The van der Waals surface area contributed by atoms with Crippen molar-refractivity contribution in [1.29, 1.82) is 0 Å². The zero-order valence-corrected chi connectivity index (χ0v) is 13.1. The van der Waals surface area contributed by atoms with Crippen LogP contribution in [0.2, 0.25) is 0 Å². The molecule has 106 valence electrons. The fraction of sp³-hybridized carbons (Fsp3) is 0.250. The van der Waals surface area contributed by atoms with Crippen LogP contribution in [0.15, 0.2) is 46.9 Å². The zero-order chi connectivity index (χ0) is 14.5. The minimum atomic E-state index is -0.254. The Morgan fingerprint density at radius 1 is 1.25 bits per heavy atom. The summed E-state index contributed by atoms with van der Waals surface area (Å²) in [6.45, 7) is 2.41. The van der Waals surface area contributed by atoms with Gasteiger partial charge in [-0.1, -0.05) is 34.1 Å². The van der Waals surface area contributed by atoms with Crippen LogP contribution in [-0.4, -0.2) is 7.05 Å². The average Bonchev–Trinajstić information content (AvgIpc) is 2.46. The second-order valence-electron chi connectivity index (χ2n) is 4.57. The lowest BCUT2D eigenvalue weighted by molar-refractivity contribution is 0.299. The Kier molecular flexibility index (Phi) is 5.15. The van der Waals surface area contributed by atoms with E-state index in [1.54, 1.807) is 6.07 Å². The largest absolute Gasteiger partial charge is 0.489 e. The maximum atomic E-state index is 13.4. The molecule has 2 aromatic rings. The molecule has 0 bridgehead atoms. The lowest BCUT2D eigenvalue weighted by Crippen LogP contribution is -2.14. The van der Waals surface area contributed by atoms with Crippen molar-refractivity contribution in [2.24, 2.45) is 0 Å². The molecule has 0 fully saturated rings. The molecule has 1 unspecified atom stereocenters. The summed E-state index contributed by atoms with van der Waals surface area (Å²) >= 11 is 3.49. The highest BCUT2D eigenvalue weighted by Gasteiger charge is 2.12. The van der Waals surface area contributed by atoms with Crippen LogP contribution in [0.5, 0.6) is 5.75 Å². The Morgan fingerprint density at radius 2 is 2.00 bits per heavy atom. The lowest BCUT2D eigenvalue weighted by Gasteiger charge is -2.17. The van der Waals surface area contributed by atoms with Gasteiger partial charge in [0, 0.05) is 21.6 Å². The van der Waals surface area contributed by atoms with Crippen molar-refractivity contribution in [3.63, 3.8) is 0 Å². The molecule has 0 aromatic heterocycles. The maximum Gasteiger partial charge on any atom is 0.124 e. The number of nitrogens with one attached hydrogen (secondary N) is 1. The normalized spacial score (nSPS) is 12.2. The molecule has 0 amide bonds. The van der Waals surface area contributed by atoms with E-state index < -0.39 is 0 Å². The molecule has 0 spiro atoms. The molecule has 0 heterocycles. The van der Waals surface area contributed by atoms with E-state index in [-0.39, 0.29) is 11.9 Å². The Morgan fingerprint density at radius 3 is 2.70 bits per heavy atom. The van der Waals surface area contributed by atoms with Crippen LogP contribution in [0.4, 0.5) is 4.39 Å². The molecule has 4 heteroatoms. The first-order valence-electron chi connectivity index (χ1n) is 6.44. The molecule has 0 aliphatic heterocycles. The third kappa shape index (κ3) is 3.58. The summed E-state index contributed by atoms with van der Waals surface area (Å²) in [5, 5.41) is 3.10. The topological polar surface area (TPSA) is 21.3 Å². The Balaban J connectivity index is 2.19. The molecule has 20 heavy (non-hydrogen) atoms. The highest BCUT2D eigenvalue weighted by Crippen LogP contribution is 2.27. The monoisotopic (exact) mass is 337 g/mol. The summed E-state index contributed by atoms with van der Waals surface area (Å²) < 4.78 is 20.2. The van der Waals surface area contributed by atoms with Crippen LogP contribution in [0.25, 0.3) is 0 Å². The molecule has 0 aliphatic carbocycles. The summed E-state index contributed by atoms with van der Waals surface area (Å²) in [6, 6.07) is 12.5. The van der Waals surface area contributed by atoms with Crippen LogP contribution in [0, 0.1) is 5.82 Å². The van der Waals surface area contributed by atoms with E-state index in [1.807, 2.05) is 38.2 Å². The highest BCUT2D eigenvalue weighted by atomic mass is 79.9. The first-order chi connectivity index (χ1) is 9.61. The van der Waals surface area contributed by atoms with Crippen molar-refractivity contribution in [2.45, 2.75) is 19.6 Å². The van der Waals surface area contributed by atoms with Gasteiger partial charge in [-0.25, -0.2) is 4.39 Å². The number of hydrogen-bond acceptors (Lipinski definition) is 2. The van der Waals surface area contributed by atoms with Crippen molar-refractivity contribution in [2.75, 3.05) is 7.05 Å². The quantitative estimate of drug-likeness (QED) is 0.870. The Hall–Kier alpha value is -1.39. The van der Waals surface area contributed by atoms with E-state index in [9.17, 15) is 4.39 Å².